The number of hydrogen-bond acceptors (Lipinski definition) is 0. The van der Waals surface area contributed by atoms with E-state index in [1.54, 1.807) is 0 Å². The Bertz CT molecular complexity index is 696. The van der Waals surface area contributed by atoms with Gasteiger partial charge in [0.05, 0.1) is 0 Å². The molecule has 2 unspecified atom stereocenters. The molecule has 4 heteroatoms. The Morgan fingerprint density at radius 3 is 1.32 bits per heavy atom. The van der Waals surface area contributed by atoms with Crippen LogP contribution in [-0.2, 0) is 15.6 Å². The van der Waals surface area contributed by atoms with E-state index in [0.29, 0.717) is 0 Å². The Labute approximate surface area is 183 Å². The summed E-state index contributed by atoms with van der Waals surface area (Å²) in [6, 6.07) is 0. The van der Waals surface area contributed by atoms with E-state index >= 15 is 0 Å². The van der Waals surface area contributed by atoms with Gasteiger partial charge in [-0.3, -0.25) is 0 Å². The number of rotatable bonds is 5. The summed E-state index contributed by atoms with van der Waals surface area (Å²) in [5.41, 5.74) is 6.08. The first-order chi connectivity index (χ1) is 12.6. The van der Waals surface area contributed by atoms with E-state index in [4.69, 9.17) is 17.0 Å². The van der Waals surface area contributed by atoms with Crippen LogP contribution in [0.4, 0.5) is 0 Å². The zero-order chi connectivity index (χ0) is 21.7. The number of hydrogen-bond donors (Lipinski definition) is 0. The van der Waals surface area contributed by atoms with Crippen molar-refractivity contribution in [1.29, 1.82) is 0 Å². The fourth-order valence-corrected chi connectivity index (χ4v) is 33.6. The van der Waals surface area contributed by atoms with Gasteiger partial charge >= 0.3 is 185 Å². The Hall–Kier alpha value is 0.640. The molecule has 0 saturated carbocycles. The van der Waals surface area contributed by atoms with Crippen LogP contribution in [0.3, 0.4) is 0 Å². The van der Waals surface area contributed by atoms with E-state index < -0.39 is 21.5 Å². The molecule has 0 fully saturated rings. The molecule has 0 N–H and O–H groups in total. The van der Waals surface area contributed by atoms with Crippen molar-refractivity contribution in [3.63, 3.8) is 0 Å². The van der Waals surface area contributed by atoms with Crippen LogP contribution in [0, 0.1) is 10.8 Å². The van der Waals surface area contributed by atoms with Crippen molar-refractivity contribution < 1.29 is 15.6 Å². The standard InChI is InChI=1S/2C11H17.C2H7Si.2ClH.Zr/c2*1-5-9-6-7-10(8-9)11(2,3)4;1-3-2;;;/h2*6-8H,5H2,1-4H3;3H,1-2H3;2*1H;/q;;;;;+2/p-2. The van der Waals surface area contributed by atoms with Crippen molar-refractivity contribution in [2.75, 3.05) is 0 Å². The van der Waals surface area contributed by atoms with Gasteiger partial charge in [-0.15, -0.1) is 0 Å². The van der Waals surface area contributed by atoms with E-state index in [2.05, 4.69) is 92.8 Å². The molecule has 0 aromatic carbocycles. The first-order valence-corrected chi connectivity index (χ1v) is 27.3. The number of allylic oxidation sites excluding steroid dienone is 8. The van der Waals surface area contributed by atoms with Gasteiger partial charge in [-0.05, 0) is 0 Å². The molecule has 159 valence electrons. The molecule has 2 rings (SSSR count). The second kappa shape index (κ2) is 7.96. The summed E-state index contributed by atoms with van der Waals surface area (Å²) in [5, 5.41) is 0. The van der Waals surface area contributed by atoms with Crippen molar-refractivity contribution in [2.24, 2.45) is 10.8 Å². The molecule has 28 heavy (non-hydrogen) atoms. The molecule has 0 aromatic rings. The minimum absolute atomic E-state index is 0.135. The van der Waals surface area contributed by atoms with Crippen LogP contribution in [-0.4, -0.2) is 5.92 Å². The fraction of sp³-hybridized carbons (Fsp3) is 0.667. The van der Waals surface area contributed by atoms with Crippen LogP contribution < -0.4 is 0 Å². The summed E-state index contributed by atoms with van der Waals surface area (Å²) in [5.74, 6) is -1.32. The van der Waals surface area contributed by atoms with Crippen LogP contribution in [0.5, 0.6) is 0 Å². The van der Waals surface area contributed by atoms with Gasteiger partial charge in [0.1, 0.15) is 0 Å². The Balaban J connectivity index is 2.72. The first-order valence-electron chi connectivity index (χ1n) is 11.0. The van der Waals surface area contributed by atoms with Crippen molar-refractivity contribution in [2.45, 2.75) is 88.6 Å². The molecule has 0 spiro atoms. The fourth-order valence-electron chi connectivity index (χ4n) is 4.76. The zero-order valence-electron chi connectivity index (χ0n) is 19.7. The van der Waals surface area contributed by atoms with E-state index in [9.17, 15) is 0 Å². The normalized spacial score (nSPS) is 25.2. The molecule has 0 heterocycles. The molecule has 0 saturated heterocycles. The summed E-state index contributed by atoms with van der Waals surface area (Å²) < 4.78 is 0.567. The third kappa shape index (κ3) is 4.19. The van der Waals surface area contributed by atoms with Crippen LogP contribution >= 0.6 is 17.0 Å². The van der Waals surface area contributed by atoms with Gasteiger partial charge in [0.25, 0.3) is 0 Å². The van der Waals surface area contributed by atoms with Gasteiger partial charge < -0.3 is 0 Å². The SMILES string of the molecule is CCC1=CC(C(C)(C)C)=C[CH]1[Zr]([Cl])([Cl])([CH]1C=C(C(C)(C)C)C=C1CC)[SiH](C)C. The van der Waals surface area contributed by atoms with E-state index in [-0.39, 0.29) is 18.1 Å². The maximum absolute atomic E-state index is 7.99. The summed E-state index contributed by atoms with van der Waals surface area (Å²) >= 11 is -4.23. The third-order valence-corrected chi connectivity index (χ3v) is 59.3. The molecule has 0 amide bonds. The molecule has 0 bridgehead atoms. The van der Waals surface area contributed by atoms with Crippen molar-refractivity contribution in [1.82, 2.24) is 0 Å². The van der Waals surface area contributed by atoms with Crippen molar-refractivity contribution >= 4 is 22.9 Å². The molecule has 0 radical (unpaired) electrons. The van der Waals surface area contributed by atoms with E-state index in [0.717, 1.165) is 12.8 Å². The predicted octanol–water partition coefficient (Wildman–Crippen LogP) is 9.19. The second-order valence-electron chi connectivity index (χ2n) is 11.2. The van der Waals surface area contributed by atoms with Crippen LogP contribution in [0.15, 0.2) is 46.6 Å². The predicted molar refractivity (Wildman–Crippen MR) is 130 cm³/mol. The van der Waals surface area contributed by atoms with Crippen LogP contribution in [0.2, 0.25) is 20.3 Å². The third-order valence-electron chi connectivity index (χ3n) is 7.01. The zero-order valence-corrected chi connectivity index (χ0v) is 24.8. The molecular weight excluding hydrogens is 478 g/mol. The average Bonchev–Trinajstić information content (AvgIpc) is 3.19. The molecule has 2 atom stereocenters. The first kappa shape index (κ1) is 24.9. The average molecular weight is 520 g/mol. The summed E-state index contributed by atoms with van der Waals surface area (Å²) in [4.78, 5) is 0. The summed E-state index contributed by atoms with van der Waals surface area (Å²) in [7, 11) is 16.0. The topological polar surface area (TPSA) is 0 Å². The molecule has 2 aliphatic rings. The van der Waals surface area contributed by atoms with Gasteiger partial charge in [0.2, 0.25) is 0 Å². The van der Waals surface area contributed by atoms with Gasteiger partial charge in [-0.1, -0.05) is 0 Å². The Kier molecular flexibility index (Phi) is 7.08. The van der Waals surface area contributed by atoms with E-state index in [1.807, 2.05) is 0 Å². The summed E-state index contributed by atoms with van der Waals surface area (Å²) in [6.45, 7) is 23.2. The van der Waals surface area contributed by atoms with Crippen molar-refractivity contribution in [3.8, 4) is 0 Å². The van der Waals surface area contributed by atoms with Gasteiger partial charge in [0.15, 0.2) is 0 Å². The van der Waals surface area contributed by atoms with Gasteiger partial charge in [-0.25, -0.2) is 0 Å². The molecule has 0 aromatic heterocycles. The second-order valence-corrected chi connectivity index (χ2v) is 54.0. The molecule has 0 aliphatic heterocycles. The molecular formula is C24H41Cl2SiZr. The number of halogens is 2. The summed E-state index contributed by atoms with van der Waals surface area (Å²) in [6.07, 6.45) is 11.9. The van der Waals surface area contributed by atoms with Crippen LogP contribution in [0.25, 0.3) is 0 Å². The Morgan fingerprint density at radius 1 is 0.786 bits per heavy atom. The quantitative estimate of drug-likeness (QED) is 0.318. The minimum atomic E-state index is -4.23. The van der Waals surface area contributed by atoms with Crippen molar-refractivity contribution in [3.05, 3.63) is 46.6 Å². The van der Waals surface area contributed by atoms with Gasteiger partial charge in [-0.2, -0.15) is 0 Å². The van der Waals surface area contributed by atoms with Gasteiger partial charge in [0, 0.05) is 0 Å². The van der Waals surface area contributed by atoms with Crippen LogP contribution in [0.1, 0.15) is 68.2 Å². The Morgan fingerprint density at radius 2 is 1.11 bits per heavy atom. The van der Waals surface area contributed by atoms with E-state index in [1.165, 1.54) is 22.3 Å². The monoisotopic (exact) mass is 517 g/mol. The molecule has 2 aliphatic carbocycles. The maximum atomic E-state index is 7.99. The molecule has 0 nitrogen and oxygen atoms in total.